The lowest BCUT2D eigenvalue weighted by Gasteiger charge is -2.23. The van der Waals surface area contributed by atoms with Gasteiger partial charge in [0, 0.05) is 12.7 Å². The maximum atomic E-state index is 12.4. The highest BCUT2D eigenvalue weighted by molar-refractivity contribution is 5.95. The van der Waals surface area contributed by atoms with Crippen LogP contribution >= 0.6 is 12.4 Å². The van der Waals surface area contributed by atoms with Crippen molar-refractivity contribution in [2.75, 3.05) is 20.2 Å². The molecule has 1 aliphatic heterocycles. The molecule has 24 heavy (non-hydrogen) atoms. The highest BCUT2D eigenvalue weighted by Gasteiger charge is 2.28. The van der Waals surface area contributed by atoms with Gasteiger partial charge in [-0.3, -0.25) is 9.48 Å². The van der Waals surface area contributed by atoms with Gasteiger partial charge < -0.3 is 15.4 Å². The maximum Gasteiger partial charge on any atom is 0.328 e. The molecule has 2 heterocycles. The molecule has 1 aromatic rings. The molecule has 1 aliphatic rings. The van der Waals surface area contributed by atoms with Crippen LogP contribution in [-0.4, -0.2) is 47.9 Å². The third-order valence-electron chi connectivity index (χ3n) is 4.44. The van der Waals surface area contributed by atoms with Gasteiger partial charge in [-0.1, -0.05) is 20.3 Å². The zero-order valence-electron chi connectivity index (χ0n) is 14.4. The summed E-state index contributed by atoms with van der Waals surface area (Å²) in [6, 6.07) is 1.31. The van der Waals surface area contributed by atoms with Crippen molar-refractivity contribution in [1.82, 2.24) is 20.4 Å². The number of halogens is 1. The molecule has 3 atom stereocenters. The van der Waals surface area contributed by atoms with Gasteiger partial charge in [-0.15, -0.1) is 12.4 Å². The quantitative estimate of drug-likeness (QED) is 0.753. The average Bonchev–Trinajstić information content (AvgIpc) is 3.09. The summed E-state index contributed by atoms with van der Waals surface area (Å²) < 4.78 is 6.62. The van der Waals surface area contributed by atoms with Gasteiger partial charge in [0.2, 0.25) is 0 Å². The average molecular weight is 359 g/mol. The van der Waals surface area contributed by atoms with E-state index in [9.17, 15) is 9.59 Å². The summed E-state index contributed by atoms with van der Waals surface area (Å²) in [5, 5.41) is 10.4. The van der Waals surface area contributed by atoms with Crippen LogP contribution in [0.3, 0.4) is 0 Å². The predicted octanol–water partition coefficient (Wildman–Crippen LogP) is 1.55. The van der Waals surface area contributed by atoms with E-state index in [2.05, 4.69) is 15.7 Å². The molecule has 8 heteroatoms. The van der Waals surface area contributed by atoms with Gasteiger partial charge in [0.25, 0.3) is 5.91 Å². The monoisotopic (exact) mass is 358 g/mol. The largest absolute Gasteiger partial charge is 0.467 e. The Morgan fingerprint density at radius 1 is 1.54 bits per heavy atom. The Kier molecular flexibility index (Phi) is 8.21. The number of hydrogen-bond donors (Lipinski definition) is 2. The Labute approximate surface area is 148 Å². The molecule has 1 saturated heterocycles. The highest BCUT2D eigenvalue weighted by atomic mass is 35.5. The van der Waals surface area contributed by atoms with Crippen LogP contribution in [0.2, 0.25) is 0 Å². The number of nitrogens with one attached hydrogen (secondary N) is 2. The zero-order valence-corrected chi connectivity index (χ0v) is 15.3. The van der Waals surface area contributed by atoms with Crippen LogP contribution in [0.5, 0.6) is 0 Å². The number of methoxy groups -OCH3 is 1. The predicted molar refractivity (Wildman–Crippen MR) is 93.3 cm³/mol. The van der Waals surface area contributed by atoms with E-state index in [4.69, 9.17) is 4.74 Å². The SMILES string of the molecule is CC[C@H](C)[C@H](NC(=O)c1ccn(C2CCCNC2)n1)C(=O)OC.Cl. The highest BCUT2D eigenvalue weighted by Crippen LogP contribution is 2.16. The number of carbonyl (C=O) groups excluding carboxylic acids is 2. The van der Waals surface area contributed by atoms with Crippen molar-refractivity contribution in [3.8, 4) is 0 Å². The minimum atomic E-state index is -0.654. The second-order valence-corrected chi connectivity index (χ2v) is 6.04. The Morgan fingerprint density at radius 3 is 2.88 bits per heavy atom. The molecule has 7 nitrogen and oxygen atoms in total. The lowest BCUT2D eigenvalue weighted by Crippen LogP contribution is -2.45. The third-order valence-corrected chi connectivity index (χ3v) is 4.44. The summed E-state index contributed by atoms with van der Waals surface area (Å²) in [6.45, 7) is 5.77. The Balaban J connectivity index is 0.00000288. The number of piperidine rings is 1. The fourth-order valence-electron chi connectivity index (χ4n) is 2.73. The number of esters is 1. The number of carbonyl (C=O) groups is 2. The van der Waals surface area contributed by atoms with Crippen LogP contribution in [0, 0.1) is 5.92 Å². The third kappa shape index (κ3) is 4.95. The lowest BCUT2D eigenvalue weighted by molar-refractivity contribution is -0.144. The molecule has 0 aromatic carbocycles. The van der Waals surface area contributed by atoms with E-state index >= 15 is 0 Å². The van der Waals surface area contributed by atoms with Crippen molar-refractivity contribution in [2.24, 2.45) is 5.92 Å². The van der Waals surface area contributed by atoms with E-state index in [-0.39, 0.29) is 30.3 Å². The number of aromatic nitrogens is 2. The number of hydrogen-bond acceptors (Lipinski definition) is 5. The van der Waals surface area contributed by atoms with E-state index in [1.54, 1.807) is 6.07 Å². The summed E-state index contributed by atoms with van der Waals surface area (Å²) in [5.74, 6) is -0.775. The second-order valence-electron chi connectivity index (χ2n) is 6.04. The Hall–Kier alpha value is -1.60. The van der Waals surface area contributed by atoms with Crippen LogP contribution in [-0.2, 0) is 9.53 Å². The van der Waals surface area contributed by atoms with Crippen molar-refractivity contribution < 1.29 is 14.3 Å². The second kappa shape index (κ2) is 9.64. The minimum absolute atomic E-state index is 0. The number of ether oxygens (including phenoxy) is 1. The molecular weight excluding hydrogens is 332 g/mol. The molecule has 1 aromatic heterocycles. The molecule has 0 radical (unpaired) electrons. The first-order valence-electron chi connectivity index (χ1n) is 8.21. The molecule has 1 unspecified atom stereocenters. The molecule has 0 spiro atoms. The van der Waals surface area contributed by atoms with Crippen LogP contribution in [0.1, 0.15) is 49.6 Å². The zero-order chi connectivity index (χ0) is 16.8. The van der Waals surface area contributed by atoms with Crippen LogP contribution < -0.4 is 10.6 Å². The normalized spacial score (nSPS) is 19.7. The summed E-state index contributed by atoms with van der Waals surface area (Å²) in [4.78, 5) is 24.2. The van der Waals surface area contributed by atoms with E-state index in [1.807, 2.05) is 24.7 Å². The van der Waals surface area contributed by atoms with Gasteiger partial charge >= 0.3 is 5.97 Å². The van der Waals surface area contributed by atoms with Gasteiger partial charge in [-0.05, 0) is 31.4 Å². The van der Waals surface area contributed by atoms with Gasteiger partial charge in [-0.2, -0.15) is 5.10 Å². The number of amides is 1. The van der Waals surface area contributed by atoms with Gasteiger partial charge in [0.1, 0.15) is 11.7 Å². The van der Waals surface area contributed by atoms with Crippen LogP contribution in [0.4, 0.5) is 0 Å². The van der Waals surface area contributed by atoms with E-state index in [0.29, 0.717) is 5.69 Å². The van der Waals surface area contributed by atoms with Crippen LogP contribution in [0.25, 0.3) is 0 Å². The van der Waals surface area contributed by atoms with Gasteiger partial charge in [0.15, 0.2) is 0 Å². The van der Waals surface area contributed by atoms with Crippen LogP contribution in [0.15, 0.2) is 12.3 Å². The molecule has 0 bridgehead atoms. The molecule has 2 rings (SSSR count). The first-order chi connectivity index (χ1) is 11.1. The van der Waals surface area contributed by atoms with Gasteiger partial charge in [-0.25, -0.2) is 4.79 Å². The summed E-state index contributed by atoms with van der Waals surface area (Å²) in [5.41, 5.74) is 0.327. The topological polar surface area (TPSA) is 85.3 Å². The van der Waals surface area contributed by atoms with E-state index in [1.165, 1.54) is 7.11 Å². The van der Waals surface area contributed by atoms with Crippen molar-refractivity contribution in [3.63, 3.8) is 0 Å². The number of nitrogens with zero attached hydrogens (tertiary/aromatic N) is 2. The van der Waals surface area contributed by atoms with Crippen molar-refractivity contribution in [3.05, 3.63) is 18.0 Å². The van der Waals surface area contributed by atoms with Gasteiger partial charge in [0.05, 0.1) is 13.2 Å². The maximum absolute atomic E-state index is 12.4. The first kappa shape index (κ1) is 20.4. The standard InChI is InChI=1S/C16H26N4O3.ClH/c1-4-11(2)14(16(22)23-3)18-15(21)13-7-9-20(19-13)12-6-5-8-17-10-12;/h7,9,11-12,14,17H,4-6,8,10H2,1-3H3,(H,18,21);1H/t11-,12?,14-;/m0./s1. The Bertz CT molecular complexity index is 543. The van der Waals surface area contributed by atoms with E-state index in [0.717, 1.165) is 32.4 Å². The summed E-state index contributed by atoms with van der Waals surface area (Å²) in [7, 11) is 1.33. The molecule has 1 amide bonds. The molecule has 0 aliphatic carbocycles. The summed E-state index contributed by atoms with van der Waals surface area (Å²) >= 11 is 0. The first-order valence-corrected chi connectivity index (χ1v) is 8.21. The molecule has 2 N–H and O–H groups in total. The molecule has 0 saturated carbocycles. The molecular formula is C16H27ClN4O3. The fourth-order valence-corrected chi connectivity index (χ4v) is 2.73. The Morgan fingerprint density at radius 2 is 2.29 bits per heavy atom. The fraction of sp³-hybridized carbons (Fsp3) is 0.688. The smallest absolute Gasteiger partial charge is 0.328 e. The minimum Gasteiger partial charge on any atom is -0.467 e. The van der Waals surface area contributed by atoms with E-state index < -0.39 is 12.0 Å². The van der Waals surface area contributed by atoms with Crippen molar-refractivity contribution >= 4 is 24.3 Å². The number of rotatable bonds is 6. The van der Waals surface area contributed by atoms with Crippen molar-refractivity contribution in [2.45, 2.75) is 45.2 Å². The lowest BCUT2D eigenvalue weighted by atomic mass is 9.99. The molecule has 136 valence electrons. The van der Waals surface area contributed by atoms with Crippen molar-refractivity contribution in [1.29, 1.82) is 0 Å². The molecule has 1 fully saturated rings. The summed E-state index contributed by atoms with van der Waals surface area (Å²) in [6.07, 6.45) is 4.74.